The van der Waals surface area contributed by atoms with Gasteiger partial charge in [0.05, 0.1) is 11.9 Å². The van der Waals surface area contributed by atoms with E-state index in [1.807, 2.05) is 18.5 Å². The van der Waals surface area contributed by atoms with Gasteiger partial charge >= 0.3 is 0 Å². The van der Waals surface area contributed by atoms with Crippen LogP contribution in [0.2, 0.25) is 0 Å². The molecule has 1 aromatic rings. The van der Waals surface area contributed by atoms with E-state index in [4.69, 9.17) is 11.6 Å². The van der Waals surface area contributed by atoms with Crippen LogP contribution < -0.4 is 4.90 Å². The average molecular weight is 239 g/mol. The molecule has 0 amide bonds. The van der Waals surface area contributed by atoms with Crippen molar-refractivity contribution in [2.45, 2.75) is 26.1 Å². The molecule has 2 unspecified atom stereocenters. The normalized spacial score (nSPS) is 25.8. The van der Waals surface area contributed by atoms with Gasteiger partial charge in [0, 0.05) is 25.2 Å². The van der Waals surface area contributed by atoms with E-state index in [1.54, 1.807) is 0 Å². The number of pyridine rings is 1. The molecule has 0 aliphatic carbocycles. The molecule has 0 spiro atoms. The van der Waals surface area contributed by atoms with Crippen molar-refractivity contribution in [1.82, 2.24) is 4.98 Å². The summed E-state index contributed by atoms with van der Waals surface area (Å²) in [4.78, 5) is 6.64. The van der Waals surface area contributed by atoms with E-state index < -0.39 is 0 Å². The van der Waals surface area contributed by atoms with E-state index in [0.29, 0.717) is 5.88 Å². The minimum absolute atomic E-state index is 0.568. The van der Waals surface area contributed by atoms with Crippen LogP contribution >= 0.6 is 11.6 Å². The fraction of sp³-hybridized carbons (Fsp3) is 0.615. The molecule has 2 rings (SSSR count). The smallest absolute Gasteiger partial charge is 0.0597 e. The van der Waals surface area contributed by atoms with Crippen LogP contribution in [-0.4, -0.2) is 18.1 Å². The predicted octanol–water partition coefficient (Wildman–Crippen LogP) is 3.30. The second-order valence-corrected chi connectivity index (χ2v) is 5.09. The molecule has 2 nitrogen and oxygen atoms in total. The highest BCUT2D eigenvalue weighted by atomic mass is 35.5. The van der Waals surface area contributed by atoms with Gasteiger partial charge < -0.3 is 4.90 Å². The highest BCUT2D eigenvalue weighted by molar-refractivity contribution is 6.17. The molecule has 1 fully saturated rings. The Morgan fingerprint density at radius 2 is 2.25 bits per heavy atom. The third-order valence-electron chi connectivity index (χ3n) is 3.71. The third kappa shape index (κ3) is 2.32. The Morgan fingerprint density at radius 3 is 2.94 bits per heavy atom. The summed E-state index contributed by atoms with van der Waals surface area (Å²) in [5.41, 5.74) is 2.41. The summed E-state index contributed by atoms with van der Waals surface area (Å²) in [6.07, 6.45) is 5.02. The number of piperidine rings is 1. The largest absolute Gasteiger partial charge is 0.370 e. The van der Waals surface area contributed by atoms with Crippen LogP contribution in [0, 0.1) is 11.8 Å². The number of hydrogen-bond acceptors (Lipinski definition) is 2. The SMILES string of the molecule is CC1CCN(c2cnccc2CCl)CC1C. The van der Waals surface area contributed by atoms with Crippen molar-refractivity contribution in [1.29, 1.82) is 0 Å². The van der Waals surface area contributed by atoms with Crippen molar-refractivity contribution in [3.05, 3.63) is 24.0 Å². The van der Waals surface area contributed by atoms with Gasteiger partial charge in [-0.15, -0.1) is 11.6 Å². The van der Waals surface area contributed by atoms with E-state index in [2.05, 4.69) is 23.7 Å². The number of aromatic nitrogens is 1. The Bertz CT molecular complexity index is 354. The van der Waals surface area contributed by atoms with Crippen molar-refractivity contribution in [2.75, 3.05) is 18.0 Å². The molecule has 88 valence electrons. The summed E-state index contributed by atoms with van der Waals surface area (Å²) >= 11 is 5.96. The summed E-state index contributed by atoms with van der Waals surface area (Å²) in [7, 11) is 0. The fourth-order valence-corrected chi connectivity index (χ4v) is 2.52. The first-order valence-corrected chi connectivity index (χ1v) is 6.49. The second kappa shape index (κ2) is 5.05. The second-order valence-electron chi connectivity index (χ2n) is 4.83. The highest BCUT2D eigenvalue weighted by Crippen LogP contribution is 2.29. The van der Waals surface area contributed by atoms with Gasteiger partial charge in [0.25, 0.3) is 0 Å². The third-order valence-corrected chi connectivity index (χ3v) is 3.99. The van der Waals surface area contributed by atoms with Crippen LogP contribution in [0.25, 0.3) is 0 Å². The van der Waals surface area contributed by atoms with Gasteiger partial charge in [0.2, 0.25) is 0 Å². The Hall–Kier alpha value is -0.760. The first-order valence-electron chi connectivity index (χ1n) is 5.96. The average Bonchev–Trinajstić information content (AvgIpc) is 2.32. The molecule has 3 heteroatoms. The standard InChI is InChI=1S/C13H19ClN2/c1-10-4-6-16(9-11(10)2)13-8-15-5-3-12(13)7-14/h3,5,8,10-11H,4,6-7,9H2,1-2H3. The van der Waals surface area contributed by atoms with E-state index in [1.165, 1.54) is 17.7 Å². The molecule has 1 aliphatic heterocycles. The van der Waals surface area contributed by atoms with Gasteiger partial charge in [-0.05, 0) is 29.9 Å². The molecule has 1 saturated heterocycles. The molecule has 2 atom stereocenters. The number of rotatable bonds is 2. The van der Waals surface area contributed by atoms with Crippen molar-refractivity contribution < 1.29 is 0 Å². The Kier molecular flexibility index (Phi) is 3.70. The molecule has 0 bridgehead atoms. The summed E-state index contributed by atoms with van der Waals surface area (Å²) in [5.74, 6) is 2.14. The number of hydrogen-bond donors (Lipinski definition) is 0. The monoisotopic (exact) mass is 238 g/mol. The number of anilines is 1. The van der Waals surface area contributed by atoms with E-state index >= 15 is 0 Å². The van der Waals surface area contributed by atoms with Crippen LogP contribution in [0.4, 0.5) is 5.69 Å². The minimum Gasteiger partial charge on any atom is -0.370 e. The summed E-state index contributed by atoms with van der Waals surface area (Å²) < 4.78 is 0. The summed E-state index contributed by atoms with van der Waals surface area (Å²) in [6, 6.07) is 2.02. The zero-order valence-corrected chi connectivity index (χ0v) is 10.7. The number of nitrogens with zero attached hydrogens (tertiary/aromatic N) is 2. The van der Waals surface area contributed by atoms with E-state index in [-0.39, 0.29) is 0 Å². The minimum atomic E-state index is 0.568. The zero-order chi connectivity index (χ0) is 11.5. The Balaban J connectivity index is 2.18. The van der Waals surface area contributed by atoms with Crippen LogP contribution in [0.5, 0.6) is 0 Å². The first-order chi connectivity index (χ1) is 7.72. The molecular weight excluding hydrogens is 220 g/mol. The maximum Gasteiger partial charge on any atom is 0.0597 e. The van der Waals surface area contributed by atoms with Crippen molar-refractivity contribution >= 4 is 17.3 Å². The molecular formula is C13H19ClN2. The lowest BCUT2D eigenvalue weighted by Gasteiger charge is -2.37. The lowest BCUT2D eigenvalue weighted by Crippen LogP contribution is -2.38. The van der Waals surface area contributed by atoms with E-state index in [0.717, 1.165) is 24.9 Å². The van der Waals surface area contributed by atoms with Gasteiger partial charge in [0.1, 0.15) is 0 Å². The molecule has 0 N–H and O–H groups in total. The fourth-order valence-electron chi connectivity index (χ4n) is 2.29. The van der Waals surface area contributed by atoms with Crippen molar-refractivity contribution in [3.8, 4) is 0 Å². The topological polar surface area (TPSA) is 16.1 Å². The van der Waals surface area contributed by atoms with Crippen molar-refractivity contribution in [2.24, 2.45) is 11.8 Å². The Morgan fingerprint density at radius 1 is 1.44 bits per heavy atom. The molecule has 16 heavy (non-hydrogen) atoms. The number of halogens is 1. The molecule has 2 heterocycles. The lowest BCUT2D eigenvalue weighted by molar-refractivity contribution is 0.323. The van der Waals surface area contributed by atoms with Gasteiger partial charge in [-0.2, -0.15) is 0 Å². The first kappa shape index (κ1) is 11.7. The zero-order valence-electron chi connectivity index (χ0n) is 9.99. The van der Waals surface area contributed by atoms with Crippen molar-refractivity contribution in [3.63, 3.8) is 0 Å². The maximum atomic E-state index is 5.96. The molecule has 1 aliphatic rings. The van der Waals surface area contributed by atoms with Crippen LogP contribution in [0.1, 0.15) is 25.8 Å². The molecule has 1 aromatic heterocycles. The Labute approximate surface area is 103 Å². The highest BCUT2D eigenvalue weighted by Gasteiger charge is 2.23. The summed E-state index contributed by atoms with van der Waals surface area (Å²) in [6.45, 7) is 6.92. The van der Waals surface area contributed by atoms with Gasteiger partial charge in [-0.25, -0.2) is 0 Å². The number of alkyl halides is 1. The predicted molar refractivity (Wildman–Crippen MR) is 69.0 cm³/mol. The quantitative estimate of drug-likeness (QED) is 0.735. The van der Waals surface area contributed by atoms with Crippen LogP contribution in [0.15, 0.2) is 18.5 Å². The lowest BCUT2D eigenvalue weighted by atomic mass is 9.88. The molecule has 0 aromatic carbocycles. The maximum absolute atomic E-state index is 5.96. The van der Waals surface area contributed by atoms with Crippen LogP contribution in [-0.2, 0) is 5.88 Å². The molecule has 0 saturated carbocycles. The van der Waals surface area contributed by atoms with Gasteiger partial charge in [0.15, 0.2) is 0 Å². The molecule has 0 radical (unpaired) electrons. The summed E-state index contributed by atoms with van der Waals surface area (Å²) in [5, 5.41) is 0. The van der Waals surface area contributed by atoms with E-state index in [9.17, 15) is 0 Å². The van der Waals surface area contributed by atoms with Crippen LogP contribution in [0.3, 0.4) is 0 Å². The van der Waals surface area contributed by atoms with Gasteiger partial charge in [-0.1, -0.05) is 13.8 Å². The van der Waals surface area contributed by atoms with Gasteiger partial charge in [-0.3, -0.25) is 4.98 Å².